The molecule has 8 nitrogen and oxygen atoms in total. The third kappa shape index (κ3) is 3.68. The van der Waals surface area contributed by atoms with E-state index in [4.69, 9.17) is 4.74 Å². The van der Waals surface area contributed by atoms with Crippen LogP contribution < -0.4 is 15.0 Å². The Hall–Kier alpha value is -2.13. The topological polar surface area (TPSA) is 106 Å². The summed E-state index contributed by atoms with van der Waals surface area (Å²) in [5.74, 6) is -0.133. The number of benzene rings is 1. The van der Waals surface area contributed by atoms with Crippen LogP contribution in [0.1, 0.15) is 50.7 Å². The van der Waals surface area contributed by atoms with Gasteiger partial charge in [0.2, 0.25) is 0 Å². The van der Waals surface area contributed by atoms with Crippen molar-refractivity contribution in [3.63, 3.8) is 0 Å². The zero-order chi connectivity index (χ0) is 25.7. The molecule has 1 aromatic rings. The van der Waals surface area contributed by atoms with Crippen LogP contribution in [0.2, 0.25) is 0 Å². The SMILES string of the molecule is CCCN1CC=C[C@]2(CC)C1C1c3cc(C)c(OC)cc3N(C)C1[C@@](O)(C(=O)NC[C@@H](C)O)[C@@H]2O. The second kappa shape index (κ2) is 9.39. The second-order valence-corrected chi connectivity index (χ2v) is 10.6. The molecule has 4 rings (SSSR count). The summed E-state index contributed by atoms with van der Waals surface area (Å²) in [6.07, 6.45) is 3.51. The molecule has 1 saturated carbocycles. The van der Waals surface area contributed by atoms with Gasteiger partial charge in [0, 0.05) is 49.3 Å². The van der Waals surface area contributed by atoms with Crippen LogP contribution in [0.5, 0.6) is 5.75 Å². The fourth-order valence-corrected chi connectivity index (χ4v) is 6.99. The molecule has 2 heterocycles. The van der Waals surface area contributed by atoms with Crippen molar-refractivity contribution in [2.75, 3.05) is 38.7 Å². The van der Waals surface area contributed by atoms with E-state index < -0.39 is 35.2 Å². The summed E-state index contributed by atoms with van der Waals surface area (Å²) >= 11 is 0. The Bertz CT molecular complexity index is 997. The van der Waals surface area contributed by atoms with Crippen LogP contribution in [0.3, 0.4) is 0 Å². The molecule has 2 aliphatic heterocycles. The van der Waals surface area contributed by atoms with Crippen LogP contribution in [0.4, 0.5) is 5.69 Å². The lowest BCUT2D eigenvalue weighted by molar-refractivity contribution is -0.198. The third-order valence-corrected chi connectivity index (χ3v) is 8.51. The van der Waals surface area contributed by atoms with Gasteiger partial charge >= 0.3 is 0 Å². The molecule has 1 amide bonds. The summed E-state index contributed by atoms with van der Waals surface area (Å²) in [6.45, 7) is 9.35. The summed E-state index contributed by atoms with van der Waals surface area (Å²) in [6, 6.07) is 3.30. The van der Waals surface area contributed by atoms with Crippen molar-refractivity contribution in [1.29, 1.82) is 0 Å². The molecule has 0 aromatic heterocycles. The monoisotopic (exact) mass is 487 g/mol. The van der Waals surface area contributed by atoms with Crippen LogP contribution in [0.25, 0.3) is 0 Å². The summed E-state index contributed by atoms with van der Waals surface area (Å²) in [5.41, 5.74) is 0.0319. The maximum atomic E-state index is 13.7. The van der Waals surface area contributed by atoms with Crippen LogP contribution in [-0.4, -0.2) is 89.8 Å². The molecule has 1 aliphatic carbocycles. The van der Waals surface area contributed by atoms with E-state index >= 15 is 0 Å². The first kappa shape index (κ1) is 25.9. The molecular weight excluding hydrogens is 446 g/mol. The fourth-order valence-electron chi connectivity index (χ4n) is 6.99. The molecular formula is C27H41N3O5. The van der Waals surface area contributed by atoms with E-state index in [9.17, 15) is 20.1 Å². The van der Waals surface area contributed by atoms with Crippen molar-refractivity contribution in [1.82, 2.24) is 10.2 Å². The first-order valence-electron chi connectivity index (χ1n) is 12.8. The molecule has 7 atom stereocenters. The van der Waals surface area contributed by atoms with Crippen molar-refractivity contribution < 1.29 is 24.9 Å². The van der Waals surface area contributed by atoms with Crippen molar-refractivity contribution in [3.8, 4) is 5.75 Å². The van der Waals surface area contributed by atoms with Gasteiger partial charge in [0.1, 0.15) is 11.9 Å². The number of amides is 1. The highest BCUT2D eigenvalue weighted by molar-refractivity contribution is 5.89. The smallest absolute Gasteiger partial charge is 0.257 e. The number of nitrogens with one attached hydrogen (secondary N) is 1. The van der Waals surface area contributed by atoms with E-state index in [1.165, 1.54) is 0 Å². The number of aliphatic hydroxyl groups is 3. The third-order valence-electron chi connectivity index (χ3n) is 8.51. The lowest BCUT2D eigenvalue weighted by atomic mass is 9.53. The van der Waals surface area contributed by atoms with Gasteiger partial charge < -0.3 is 30.3 Å². The average molecular weight is 488 g/mol. The van der Waals surface area contributed by atoms with E-state index in [0.29, 0.717) is 6.42 Å². The van der Waals surface area contributed by atoms with E-state index in [0.717, 1.165) is 42.1 Å². The molecule has 4 N–H and O–H groups in total. The molecule has 1 fully saturated rings. The normalized spacial score (nSPS) is 34.7. The van der Waals surface area contributed by atoms with E-state index in [-0.39, 0.29) is 18.5 Å². The number of rotatable bonds is 7. The standard InChI is InChI=1S/C27H41N3O5/c1-7-11-30-12-9-10-26(8-2)22(30)21-18-13-16(3)20(35-6)14-19(18)29(5)23(21)27(34,24(26)32)25(33)28-15-17(4)31/h9-10,13-14,17,21-24,31-32,34H,7-8,11-12,15H2,1-6H3,(H,28,33)/t17-,21?,22?,23?,24-,26-,27+/m1/s1. The molecule has 3 aliphatic rings. The number of hydrogen-bond acceptors (Lipinski definition) is 7. The van der Waals surface area contributed by atoms with Gasteiger partial charge in [-0.25, -0.2) is 0 Å². The molecule has 0 spiro atoms. The van der Waals surface area contributed by atoms with Gasteiger partial charge in [-0.2, -0.15) is 0 Å². The Morgan fingerprint density at radius 3 is 2.63 bits per heavy atom. The Morgan fingerprint density at radius 2 is 2.03 bits per heavy atom. The molecule has 0 bridgehead atoms. The summed E-state index contributed by atoms with van der Waals surface area (Å²) in [4.78, 5) is 18.0. The van der Waals surface area contributed by atoms with Gasteiger partial charge in [0.05, 0.1) is 19.3 Å². The highest BCUT2D eigenvalue weighted by atomic mass is 16.5. The Kier molecular flexibility index (Phi) is 6.96. The maximum absolute atomic E-state index is 13.7. The number of aryl methyl sites for hydroxylation is 1. The summed E-state index contributed by atoms with van der Waals surface area (Å²) in [7, 11) is 3.51. The summed E-state index contributed by atoms with van der Waals surface area (Å²) in [5, 5.41) is 36.8. The van der Waals surface area contributed by atoms with Crippen LogP contribution >= 0.6 is 0 Å². The lowest BCUT2D eigenvalue weighted by Crippen LogP contribution is -2.78. The quantitative estimate of drug-likeness (QED) is 0.433. The molecule has 35 heavy (non-hydrogen) atoms. The molecule has 0 saturated heterocycles. The Morgan fingerprint density at radius 1 is 1.31 bits per heavy atom. The van der Waals surface area contributed by atoms with Gasteiger partial charge in [-0.3, -0.25) is 9.69 Å². The number of nitrogens with zero attached hydrogens (tertiary/aromatic N) is 2. The minimum Gasteiger partial charge on any atom is -0.496 e. The molecule has 8 heteroatoms. The number of aliphatic hydroxyl groups excluding tert-OH is 2. The number of anilines is 1. The van der Waals surface area contributed by atoms with Crippen molar-refractivity contribution in [2.24, 2.45) is 5.41 Å². The molecule has 0 radical (unpaired) electrons. The van der Waals surface area contributed by atoms with Crippen LogP contribution in [0.15, 0.2) is 24.3 Å². The predicted molar refractivity (Wildman–Crippen MR) is 136 cm³/mol. The molecule has 194 valence electrons. The van der Waals surface area contributed by atoms with Crippen LogP contribution in [-0.2, 0) is 4.79 Å². The van der Waals surface area contributed by atoms with Gasteiger partial charge in [-0.05, 0) is 50.4 Å². The fraction of sp³-hybridized carbons (Fsp3) is 0.667. The van der Waals surface area contributed by atoms with E-state index in [1.54, 1.807) is 14.0 Å². The highest BCUT2D eigenvalue weighted by Crippen LogP contribution is 2.60. The summed E-state index contributed by atoms with van der Waals surface area (Å²) < 4.78 is 5.60. The highest BCUT2D eigenvalue weighted by Gasteiger charge is 2.71. The van der Waals surface area contributed by atoms with Crippen molar-refractivity contribution in [2.45, 2.75) is 76.3 Å². The Labute approximate surface area is 208 Å². The first-order chi connectivity index (χ1) is 16.6. The zero-order valence-electron chi connectivity index (χ0n) is 21.8. The van der Waals surface area contributed by atoms with Crippen molar-refractivity contribution >= 4 is 11.6 Å². The minimum atomic E-state index is -2.10. The van der Waals surface area contributed by atoms with Crippen molar-refractivity contribution in [3.05, 3.63) is 35.4 Å². The number of hydrogen-bond donors (Lipinski definition) is 4. The van der Waals surface area contributed by atoms with Gasteiger partial charge in [0.15, 0.2) is 5.60 Å². The average Bonchev–Trinajstić information content (AvgIpc) is 3.11. The predicted octanol–water partition coefficient (Wildman–Crippen LogP) is 1.56. The second-order valence-electron chi connectivity index (χ2n) is 10.6. The number of fused-ring (bicyclic) bond motifs is 5. The number of methoxy groups -OCH3 is 1. The van der Waals surface area contributed by atoms with Gasteiger partial charge in [-0.1, -0.05) is 26.0 Å². The molecule has 1 aromatic carbocycles. The van der Waals surface area contributed by atoms with E-state index in [2.05, 4.69) is 29.3 Å². The largest absolute Gasteiger partial charge is 0.496 e. The lowest BCUT2D eigenvalue weighted by Gasteiger charge is -2.61. The number of carbonyl (C=O) groups excluding carboxylic acids is 1. The maximum Gasteiger partial charge on any atom is 0.257 e. The number of ether oxygens (including phenoxy) is 1. The first-order valence-corrected chi connectivity index (χ1v) is 12.8. The van der Waals surface area contributed by atoms with Gasteiger partial charge in [-0.15, -0.1) is 0 Å². The van der Waals surface area contributed by atoms with E-state index in [1.807, 2.05) is 37.9 Å². The minimum absolute atomic E-state index is 0.00477. The Balaban J connectivity index is 1.96. The zero-order valence-corrected chi connectivity index (χ0v) is 21.8. The van der Waals surface area contributed by atoms with Crippen LogP contribution in [0, 0.1) is 12.3 Å². The molecule has 3 unspecified atom stereocenters. The van der Waals surface area contributed by atoms with Gasteiger partial charge in [0.25, 0.3) is 5.91 Å². The number of carbonyl (C=O) groups is 1. The number of likely N-dealkylation sites (N-methyl/N-ethyl adjacent to an activating group) is 1.